The van der Waals surface area contributed by atoms with E-state index in [1.807, 2.05) is 0 Å². The van der Waals surface area contributed by atoms with Gasteiger partial charge in [-0.05, 0) is 37.1 Å². The average molecular weight is 255 g/mol. The van der Waals surface area contributed by atoms with Crippen LogP contribution in [0, 0.1) is 11.6 Å². The van der Waals surface area contributed by atoms with Crippen molar-refractivity contribution in [2.45, 2.75) is 31.8 Å². The fraction of sp³-hybridized carbons (Fsp3) is 0.462. The molecule has 1 heterocycles. The summed E-state index contributed by atoms with van der Waals surface area (Å²) in [6.45, 7) is 0.917. The maximum Gasteiger partial charge on any atom is 0.320 e. The summed E-state index contributed by atoms with van der Waals surface area (Å²) >= 11 is 0. The van der Waals surface area contributed by atoms with Crippen molar-refractivity contribution in [3.8, 4) is 0 Å². The van der Waals surface area contributed by atoms with Crippen LogP contribution in [0.3, 0.4) is 0 Å². The van der Waals surface area contributed by atoms with Crippen molar-refractivity contribution in [1.82, 2.24) is 4.90 Å². The molecule has 1 aliphatic heterocycles. The second-order valence-corrected chi connectivity index (χ2v) is 4.60. The predicted octanol–water partition coefficient (Wildman–Crippen LogP) is 2.40. The van der Waals surface area contributed by atoms with E-state index in [1.54, 1.807) is 4.90 Å². The molecule has 18 heavy (non-hydrogen) atoms. The van der Waals surface area contributed by atoms with Crippen molar-refractivity contribution in [3.05, 3.63) is 35.4 Å². The molecule has 1 saturated heterocycles. The van der Waals surface area contributed by atoms with Gasteiger partial charge in [-0.25, -0.2) is 8.78 Å². The molecule has 0 aromatic heterocycles. The Morgan fingerprint density at radius 2 is 1.94 bits per heavy atom. The fourth-order valence-corrected chi connectivity index (χ4v) is 2.40. The van der Waals surface area contributed by atoms with E-state index in [0.29, 0.717) is 18.5 Å². The molecule has 1 aromatic carbocycles. The lowest BCUT2D eigenvalue weighted by molar-refractivity contribution is -0.144. The molecule has 5 heteroatoms. The Kier molecular flexibility index (Phi) is 3.91. The molecular weight excluding hydrogens is 240 g/mol. The van der Waals surface area contributed by atoms with Gasteiger partial charge in [-0.2, -0.15) is 0 Å². The first kappa shape index (κ1) is 13.0. The topological polar surface area (TPSA) is 40.5 Å². The Morgan fingerprint density at radius 1 is 1.28 bits per heavy atom. The minimum absolute atomic E-state index is 0.269. The van der Waals surface area contributed by atoms with E-state index in [0.717, 1.165) is 18.9 Å². The number of benzene rings is 1. The average Bonchev–Trinajstić information content (AvgIpc) is 2.27. The lowest BCUT2D eigenvalue weighted by Crippen LogP contribution is -2.44. The monoisotopic (exact) mass is 255 g/mol. The summed E-state index contributed by atoms with van der Waals surface area (Å²) in [6, 6.07) is 2.76. The van der Waals surface area contributed by atoms with Crippen molar-refractivity contribution in [2.24, 2.45) is 0 Å². The van der Waals surface area contributed by atoms with Crippen LogP contribution in [-0.2, 0) is 11.3 Å². The number of piperidine rings is 1. The number of nitrogens with zero attached hydrogens (tertiary/aromatic N) is 1. The molecule has 1 unspecified atom stereocenters. The van der Waals surface area contributed by atoms with Gasteiger partial charge in [-0.3, -0.25) is 9.69 Å². The summed E-state index contributed by atoms with van der Waals surface area (Å²) < 4.78 is 26.1. The van der Waals surface area contributed by atoms with Crippen molar-refractivity contribution >= 4 is 5.97 Å². The maximum atomic E-state index is 13.1. The van der Waals surface area contributed by atoms with Gasteiger partial charge in [0.2, 0.25) is 0 Å². The lowest BCUT2D eigenvalue weighted by atomic mass is 10.0. The van der Waals surface area contributed by atoms with Crippen molar-refractivity contribution in [2.75, 3.05) is 6.54 Å². The molecular formula is C13H15F2NO2. The standard InChI is InChI=1S/C13H15F2NO2/c14-10-5-9(6-11(15)7-10)8-16-4-2-1-3-12(16)13(17)18/h5-7,12H,1-4,8H2,(H,17,18). The van der Waals surface area contributed by atoms with Gasteiger partial charge in [0.15, 0.2) is 0 Å². The van der Waals surface area contributed by atoms with Crippen LogP contribution in [0.25, 0.3) is 0 Å². The number of hydrogen-bond donors (Lipinski definition) is 1. The van der Waals surface area contributed by atoms with Gasteiger partial charge >= 0.3 is 5.97 Å². The van der Waals surface area contributed by atoms with E-state index in [4.69, 9.17) is 5.11 Å². The largest absolute Gasteiger partial charge is 0.480 e. The Hall–Kier alpha value is -1.49. The molecule has 98 valence electrons. The number of hydrogen-bond acceptors (Lipinski definition) is 2. The number of rotatable bonds is 3. The molecule has 0 aliphatic carbocycles. The quantitative estimate of drug-likeness (QED) is 0.901. The van der Waals surface area contributed by atoms with Gasteiger partial charge in [0.05, 0.1) is 0 Å². The zero-order valence-electron chi connectivity index (χ0n) is 9.90. The third-order valence-corrected chi connectivity index (χ3v) is 3.21. The molecule has 2 rings (SSSR count). The second-order valence-electron chi connectivity index (χ2n) is 4.60. The summed E-state index contributed by atoms with van der Waals surface area (Å²) in [5.74, 6) is -2.13. The Balaban J connectivity index is 2.13. The molecule has 0 amide bonds. The molecule has 1 aromatic rings. The van der Waals surface area contributed by atoms with Crippen LogP contribution < -0.4 is 0 Å². The van der Waals surface area contributed by atoms with E-state index < -0.39 is 23.6 Å². The highest BCUT2D eigenvalue weighted by Crippen LogP contribution is 2.20. The van der Waals surface area contributed by atoms with E-state index in [2.05, 4.69) is 0 Å². The SMILES string of the molecule is O=C(O)C1CCCCN1Cc1cc(F)cc(F)c1. The molecule has 0 bridgehead atoms. The van der Waals surface area contributed by atoms with Crippen LogP contribution in [0.5, 0.6) is 0 Å². The number of carboxylic acid groups (broad SMARTS) is 1. The van der Waals surface area contributed by atoms with Crippen LogP contribution in [0.2, 0.25) is 0 Å². The van der Waals surface area contributed by atoms with Crippen LogP contribution in [0.15, 0.2) is 18.2 Å². The number of halogens is 2. The van der Waals surface area contributed by atoms with Crippen LogP contribution in [0.4, 0.5) is 8.78 Å². The Bertz CT molecular complexity index is 430. The zero-order valence-corrected chi connectivity index (χ0v) is 9.90. The number of aliphatic carboxylic acids is 1. The molecule has 0 saturated carbocycles. The molecule has 3 nitrogen and oxygen atoms in total. The summed E-state index contributed by atoms with van der Waals surface area (Å²) in [5.41, 5.74) is 0.473. The predicted molar refractivity (Wildman–Crippen MR) is 62.0 cm³/mol. The third kappa shape index (κ3) is 3.04. The van der Waals surface area contributed by atoms with Gasteiger partial charge in [0, 0.05) is 12.6 Å². The second kappa shape index (κ2) is 5.44. The first-order valence-electron chi connectivity index (χ1n) is 5.98. The molecule has 1 fully saturated rings. The number of carboxylic acids is 1. The molecule has 1 N–H and O–H groups in total. The van der Waals surface area contributed by atoms with Gasteiger partial charge < -0.3 is 5.11 Å². The maximum absolute atomic E-state index is 13.1. The number of carbonyl (C=O) groups is 1. The molecule has 1 atom stereocenters. The van der Waals surface area contributed by atoms with Crippen molar-refractivity contribution in [1.29, 1.82) is 0 Å². The molecule has 1 aliphatic rings. The van der Waals surface area contributed by atoms with Crippen LogP contribution in [0.1, 0.15) is 24.8 Å². The highest BCUT2D eigenvalue weighted by Gasteiger charge is 2.28. The van der Waals surface area contributed by atoms with E-state index >= 15 is 0 Å². The molecule has 0 radical (unpaired) electrons. The van der Waals surface area contributed by atoms with Crippen LogP contribution in [-0.4, -0.2) is 28.6 Å². The Labute approximate surface area is 104 Å². The van der Waals surface area contributed by atoms with Crippen molar-refractivity contribution < 1.29 is 18.7 Å². The Morgan fingerprint density at radius 3 is 2.56 bits per heavy atom. The zero-order chi connectivity index (χ0) is 13.1. The summed E-state index contributed by atoms with van der Waals surface area (Å²) in [6.07, 6.45) is 2.39. The molecule has 0 spiro atoms. The fourth-order valence-electron chi connectivity index (χ4n) is 2.40. The van der Waals surface area contributed by atoms with Crippen LogP contribution >= 0.6 is 0 Å². The summed E-state index contributed by atoms with van der Waals surface area (Å²) in [7, 11) is 0. The van der Waals surface area contributed by atoms with Crippen molar-refractivity contribution in [3.63, 3.8) is 0 Å². The van der Waals surface area contributed by atoms with E-state index in [9.17, 15) is 13.6 Å². The van der Waals surface area contributed by atoms with Gasteiger partial charge in [0.1, 0.15) is 17.7 Å². The minimum atomic E-state index is -0.869. The summed E-state index contributed by atoms with van der Waals surface area (Å²) in [4.78, 5) is 12.9. The van der Waals surface area contributed by atoms with Gasteiger partial charge in [-0.15, -0.1) is 0 Å². The highest BCUT2D eigenvalue weighted by molar-refractivity contribution is 5.73. The minimum Gasteiger partial charge on any atom is -0.480 e. The van der Waals surface area contributed by atoms with Gasteiger partial charge in [0.25, 0.3) is 0 Å². The first-order chi connectivity index (χ1) is 8.56. The highest BCUT2D eigenvalue weighted by atomic mass is 19.1. The lowest BCUT2D eigenvalue weighted by Gasteiger charge is -2.32. The normalized spacial score (nSPS) is 20.9. The first-order valence-corrected chi connectivity index (χ1v) is 5.98. The van der Waals surface area contributed by atoms with Gasteiger partial charge in [-0.1, -0.05) is 6.42 Å². The summed E-state index contributed by atoms with van der Waals surface area (Å²) in [5, 5.41) is 9.11. The van der Waals surface area contributed by atoms with E-state index in [-0.39, 0.29) is 6.54 Å². The number of likely N-dealkylation sites (tertiary alicyclic amines) is 1. The third-order valence-electron chi connectivity index (χ3n) is 3.21. The smallest absolute Gasteiger partial charge is 0.320 e. The van der Waals surface area contributed by atoms with E-state index in [1.165, 1.54) is 12.1 Å².